The molecule has 0 saturated heterocycles. The van der Waals surface area contributed by atoms with Gasteiger partial charge in [-0.05, 0) is 164 Å². The van der Waals surface area contributed by atoms with Crippen molar-refractivity contribution >= 4 is 159 Å². The number of fused-ring (bicyclic) bond motifs is 4. The summed E-state index contributed by atoms with van der Waals surface area (Å²) in [4.78, 5) is 148. The maximum Gasteiger partial charge on any atom is 0.737 e. The van der Waals surface area contributed by atoms with Gasteiger partial charge in [0.1, 0.15) is 33.7 Å². The van der Waals surface area contributed by atoms with Crippen LogP contribution in [0.3, 0.4) is 0 Å². The molecule has 2 aromatic heterocycles. The first kappa shape index (κ1) is 103. The third-order valence-electron chi connectivity index (χ3n) is 23.2. The van der Waals surface area contributed by atoms with Gasteiger partial charge in [-0.1, -0.05) is 114 Å². The number of aliphatic carboxylic acids is 4. The number of hydrogen-bond acceptors (Lipinski definition) is 20. The van der Waals surface area contributed by atoms with Gasteiger partial charge in [-0.15, -0.1) is 0 Å². The molecule has 0 spiro atoms. The van der Waals surface area contributed by atoms with Crippen LogP contribution < -0.4 is 41.1 Å². The number of urea groups is 1. The number of halogens is 2. The summed E-state index contributed by atoms with van der Waals surface area (Å²) >= 11 is 0. The normalized spacial score (nSPS) is 14.2. The lowest BCUT2D eigenvalue weighted by molar-refractivity contribution is -0.362. The van der Waals surface area contributed by atoms with Gasteiger partial charge >= 0.3 is 48.0 Å². The SMILES string of the molecule is CCN(CC)c1ccc2c(-c3ccc(S(=O)(=O)NCCSSCC(CC(=O)C(CCCCNC(=O)CCC4=[N+]5C(=Cc6c(C)cc(C)n6[B-]5(F)F)C=C4)NC(=O)[C@@H](CC(=O)[C@H](Cc4ccccc4)NC(=O)CCCCCCCCC(=O)CC[C@H](NC(=O)N[C@@H](CCC(=O)O)C(=O)O)C(=O)O)Cc4ccccc4)C(=O)O)cc3S(=O)(=O)[O-])c3ccc(N(CC)CC)cc3[o+]c2c1. The van der Waals surface area contributed by atoms with E-state index in [0.29, 0.717) is 126 Å². The number of amides is 5. The van der Waals surface area contributed by atoms with Crippen molar-refractivity contribution in [2.24, 2.45) is 11.8 Å². The molecule has 0 aliphatic carbocycles. The van der Waals surface area contributed by atoms with E-state index in [1.54, 1.807) is 111 Å². The lowest BCUT2D eigenvalue weighted by Crippen LogP contribution is -2.51. The van der Waals surface area contributed by atoms with Gasteiger partial charge in [-0.3, -0.25) is 38.4 Å². The minimum absolute atomic E-state index is 0.0153. The lowest BCUT2D eigenvalue weighted by Gasteiger charge is -2.30. The Morgan fingerprint density at radius 1 is 0.562 bits per heavy atom. The second-order valence-electron chi connectivity index (χ2n) is 32.4. The molecule has 4 heterocycles. The predicted octanol–water partition coefficient (Wildman–Crippen LogP) is 12.8. The molecule has 7 aromatic rings. The van der Waals surface area contributed by atoms with Crippen molar-refractivity contribution in [3.05, 3.63) is 167 Å². The number of aromatic nitrogens is 1. The van der Waals surface area contributed by atoms with Gasteiger partial charge in [-0.2, -0.15) is 0 Å². The number of carboxylic acid groups (broad SMARTS) is 4. The molecule has 38 heteroatoms. The average molecular weight is 1870 g/mol. The van der Waals surface area contributed by atoms with Gasteiger partial charge < -0.3 is 79.0 Å². The summed E-state index contributed by atoms with van der Waals surface area (Å²) in [6, 6.07) is 26.8. The van der Waals surface area contributed by atoms with Gasteiger partial charge in [0.15, 0.2) is 17.3 Å². The quantitative estimate of drug-likeness (QED) is 0.00423. The fraction of sp³-hybridized carbons (Fsp3) is 0.446. The molecular formula is C92H115BF2N10O21S4. The van der Waals surface area contributed by atoms with E-state index in [4.69, 9.17) is 9.52 Å². The number of allylic oxidation sites excluding steroid dienone is 2. The highest BCUT2D eigenvalue weighted by molar-refractivity contribution is 8.76. The number of Topliss-reactive ketones (excluding diaryl/α,β-unsaturated/α-hetero) is 3. The van der Waals surface area contributed by atoms with Crippen LogP contribution in [0.5, 0.6) is 0 Å². The molecule has 5 amide bonds. The fourth-order valence-electron chi connectivity index (χ4n) is 16.2. The summed E-state index contributed by atoms with van der Waals surface area (Å²) in [5.74, 6) is -11.4. The Morgan fingerprint density at radius 2 is 1.13 bits per heavy atom. The Labute approximate surface area is 763 Å². The van der Waals surface area contributed by atoms with Crippen LogP contribution in [0.15, 0.2) is 153 Å². The summed E-state index contributed by atoms with van der Waals surface area (Å²) < 4.78 is 112. The van der Waals surface area contributed by atoms with Gasteiger partial charge in [0.05, 0.1) is 50.7 Å². The van der Waals surface area contributed by atoms with E-state index in [9.17, 15) is 84.7 Å². The summed E-state index contributed by atoms with van der Waals surface area (Å²) in [6.07, 6.45) is 6.12. The van der Waals surface area contributed by atoms with E-state index in [-0.39, 0.29) is 112 Å². The number of ketones is 3. The van der Waals surface area contributed by atoms with Gasteiger partial charge in [-0.25, -0.2) is 40.4 Å². The highest BCUT2D eigenvalue weighted by Gasteiger charge is 2.52. The van der Waals surface area contributed by atoms with Crippen LogP contribution in [-0.2, 0) is 80.9 Å². The number of carbonyl (C=O) groups excluding carboxylic acids is 7. The van der Waals surface area contributed by atoms with E-state index >= 15 is 13.4 Å². The standard InChI is InChI=1S/C92H115BF2N10O21S4/c1-7-102(8-2)66-34-39-71-81(55-66)126-82-56-67(103(9-3)10-4)35-40-72(82)87(71)73-41-38-70(57-83(73)130(123,124)125)129(121,122)97-47-48-127-128-58-64(89(114)115)53-79(107)74(30-23-24-46-96-84(109)44-36-65-32-33-68-54-78-59(5)49-60(6)104(78)93(94,95)105(65)68)99-88(113)63(50-61-25-17-15-18-26-61)52-80(108)77(51-62-27-19-16-20-28-62)98-85(110)31-22-14-12-11-13-21-29-69(106)37-42-75(90(116)117)100-92(120)101-76(91(118)119)43-45-86(111)112/h15-20,25-28,32-35,38-41,49,54-57,63-64,74-77,97H,7-14,21-24,29-31,36-37,42-48,50-53,58H2,1-6H3,(H9-,96,98,99,100,101,109,110,111,112,113,114,115,116,117,118,119,120,123,124,125)/t63-,64?,74?,75+,76+,77+/m1/s1. The summed E-state index contributed by atoms with van der Waals surface area (Å²) in [5, 5.41) is 52.3. The summed E-state index contributed by atoms with van der Waals surface area (Å²) in [6.45, 7) is 9.63. The summed E-state index contributed by atoms with van der Waals surface area (Å²) in [5.41, 5.74) is 6.14. The molecule has 2 aliphatic heterocycles. The zero-order valence-electron chi connectivity index (χ0n) is 73.7. The highest BCUT2D eigenvalue weighted by Crippen LogP contribution is 2.43. The third-order valence-corrected chi connectivity index (χ3v) is 28.0. The van der Waals surface area contributed by atoms with Crippen LogP contribution in [0.4, 0.5) is 24.8 Å². The number of hydrogen-bond donors (Lipinski definition) is 10. The van der Waals surface area contributed by atoms with E-state index in [1.165, 1.54) is 12.1 Å². The first-order chi connectivity index (χ1) is 61.9. The molecule has 10 N–H and O–H groups in total. The molecule has 9 rings (SSSR count). The number of benzene rings is 5. The number of nitrogens with one attached hydrogen (secondary N) is 6. The third kappa shape index (κ3) is 28.9. The topological polar surface area (TPSA) is 458 Å². The fourth-order valence-corrected chi connectivity index (χ4v) is 20.4. The van der Waals surface area contributed by atoms with Crippen molar-refractivity contribution < 1.29 is 112 Å². The first-order valence-electron chi connectivity index (χ1n) is 43.9. The Bertz CT molecular complexity index is 5530. The second-order valence-corrected chi connectivity index (χ2v) is 38.1. The molecular weight excluding hydrogens is 1760 g/mol. The summed E-state index contributed by atoms with van der Waals surface area (Å²) in [7, 11) is -7.82. The number of rotatable bonds is 57. The molecule has 130 heavy (non-hydrogen) atoms. The minimum atomic E-state index is -5.38. The second kappa shape index (κ2) is 48.6. The van der Waals surface area contributed by atoms with Crippen molar-refractivity contribution in [2.75, 3.05) is 60.6 Å². The average Bonchev–Trinajstić information content (AvgIpc) is 1.21. The molecule has 2 unspecified atom stereocenters. The van der Waals surface area contributed by atoms with Crippen molar-refractivity contribution in [1.82, 2.24) is 35.8 Å². The molecule has 6 atom stereocenters. The van der Waals surface area contributed by atoms with Crippen molar-refractivity contribution in [3.63, 3.8) is 0 Å². The van der Waals surface area contributed by atoms with E-state index in [1.807, 2.05) is 57.3 Å². The Hall–Kier alpha value is -11.2. The van der Waals surface area contributed by atoms with E-state index in [2.05, 4.69) is 35.8 Å². The van der Waals surface area contributed by atoms with Gasteiger partial charge in [0.25, 0.3) is 0 Å². The number of anilines is 2. The first-order valence-corrected chi connectivity index (χ1v) is 49.3. The number of unbranched alkanes of at least 4 members (excludes halogenated alkanes) is 6. The van der Waals surface area contributed by atoms with Crippen LogP contribution in [0, 0.1) is 25.7 Å². The van der Waals surface area contributed by atoms with Crippen LogP contribution in [0.1, 0.15) is 178 Å². The smallest absolute Gasteiger partial charge is 0.737 e. The molecule has 0 fully saturated rings. The highest BCUT2D eigenvalue weighted by atomic mass is 33.1. The Kier molecular flexibility index (Phi) is 38.4. The van der Waals surface area contributed by atoms with Crippen LogP contribution >= 0.6 is 21.6 Å². The van der Waals surface area contributed by atoms with Crippen molar-refractivity contribution in [3.8, 4) is 11.1 Å². The van der Waals surface area contributed by atoms with Gasteiger partial charge in [0.2, 0.25) is 27.7 Å². The van der Waals surface area contributed by atoms with E-state index < -0.39 is 158 Å². The molecule has 2 aliphatic rings. The van der Waals surface area contributed by atoms with Crippen LogP contribution in [0.2, 0.25) is 0 Å². The largest absolute Gasteiger partial charge is 0.744 e. The number of carbonyl (C=O) groups is 11. The number of sulfonamides is 1. The van der Waals surface area contributed by atoms with Crippen molar-refractivity contribution in [2.45, 2.75) is 210 Å². The van der Waals surface area contributed by atoms with E-state index in [0.717, 1.165) is 48.0 Å². The maximum absolute atomic E-state index is 16.2. The zero-order chi connectivity index (χ0) is 94.6. The monoisotopic (exact) mass is 1870 g/mol. The number of aryl methyl sites for hydroxylation is 2. The number of carboxylic acids is 4. The minimum Gasteiger partial charge on any atom is -0.744 e. The number of nitrogens with zero attached hydrogens (tertiary/aromatic N) is 4. The Balaban J connectivity index is 0.840. The van der Waals surface area contributed by atoms with Crippen LogP contribution in [-0.4, -0.2) is 203 Å². The molecule has 0 bridgehead atoms. The maximum atomic E-state index is 16.2. The molecule has 5 aromatic carbocycles. The molecule has 700 valence electrons. The zero-order valence-corrected chi connectivity index (χ0v) is 77.0. The molecule has 0 saturated carbocycles. The predicted molar refractivity (Wildman–Crippen MR) is 495 cm³/mol. The molecule has 0 radical (unpaired) electrons. The van der Waals surface area contributed by atoms with Crippen molar-refractivity contribution in [1.29, 1.82) is 0 Å². The lowest BCUT2D eigenvalue weighted by atomic mass is 9.88. The van der Waals surface area contributed by atoms with Crippen LogP contribution in [0.25, 0.3) is 39.1 Å². The van der Waals surface area contributed by atoms with Gasteiger partial charge in [0, 0.05) is 154 Å². The Morgan fingerprint density at radius 3 is 1.71 bits per heavy atom. The molecule has 31 nitrogen and oxygen atoms in total.